The van der Waals surface area contributed by atoms with E-state index in [0.717, 1.165) is 28.5 Å². The minimum absolute atomic E-state index is 0.111. The zero-order chi connectivity index (χ0) is 26.5. The lowest BCUT2D eigenvalue weighted by molar-refractivity contribution is -0.124. The third kappa shape index (κ3) is 7.13. The summed E-state index contributed by atoms with van der Waals surface area (Å²) in [6, 6.07) is 24.3. The molecular formula is C29H36INO3S2. The number of rotatable bonds is 6. The van der Waals surface area contributed by atoms with E-state index in [1.807, 2.05) is 65.6 Å². The minimum Gasteiger partial charge on any atom is -0.497 e. The van der Waals surface area contributed by atoms with Crippen LogP contribution in [0, 0.1) is 3.57 Å². The normalized spacial score (nSPS) is 15.9. The van der Waals surface area contributed by atoms with Gasteiger partial charge in [-0.2, -0.15) is 12.6 Å². The van der Waals surface area contributed by atoms with E-state index in [4.69, 9.17) is 8.92 Å². The molecule has 1 heterocycles. The Bertz CT molecular complexity index is 1120. The summed E-state index contributed by atoms with van der Waals surface area (Å²) >= 11 is 6.41. The monoisotopic (exact) mass is 637 g/mol. The second-order valence-corrected chi connectivity index (χ2v) is 15.4. The van der Waals surface area contributed by atoms with Crippen LogP contribution in [0.5, 0.6) is 11.5 Å². The van der Waals surface area contributed by atoms with Crippen molar-refractivity contribution in [2.45, 2.75) is 43.7 Å². The number of carbonyl (C=O) groups excluding carboxylic acids is 1. The minimum atomic E-state index is -1.21. The molecule has 1 aliphatic rings. The van der Waals surface area contributed by atoms with Gasteiger partial charge in [0.2, 0.25) is 5.91 Å². The quantitative estimate of drug-likeness (QED) is 0.169. The molecule has 0 aromatic heterocycles. The summed E-state index contributed by atoms with van der Waals surface area (Å²) in [5.41, 5.74) is 3.33. The molecule has 0 spiro atoms. The Morgan fingerprint density at radius 3 is 1.97 bits per heavy atom. The molecule has 0 N–H and O–H groups in total. The molecule has 0 radical (unpaired) electrons. The van der Waals surface area contributed by atoms with Gasteiger partial charge in [0.05, 0.1) is 19.6 Å². The van der Waals surface area contributed by atoms with Crippen LogP contribution in [0.1, 0.15) is 44.4 Å². The van der Waals surface area contributed by atoms with Crippen molar-refractivity contribution in [3.63, 3.8) is 0 Å². The van der Waals surface area contributed by atoms with Gasteiger partial charge in [-0.25, -0.2) is 0 Å². The summed E-state index contributed by atoms with van der Waals surface area (Å²) in [5, 5.41) is 0. The number of amides is 1. The van der Waals surface area contributed by atoms with Gasteiger partial charge in [0.1, 0.15) is 11.5 Å². The average molecular weight is 638 g/mol. The van der Waals surface area contributed by atoms with Crippen molar-refractivity contribution < 1.29 is 13.7 Å². The van der Waals surface area contributed by atoms with Gasteiger partial charge in [0, 0.05) is 19.8 Å². The largest absolute Gasteiger partial charge is 0.497 e. The number of ether oxygens (including phenoxy) is 1. The fourth-order valence-corrected chi connectivity index (χ4v) is 4.86. The second-order valence-electron chi connectivity index (χ2n) is 9.96. The molecule has 1 atom stereocenters. The van der Waals surface area contributed by atoms with Crippen LogP contribution in [0.25, 0.3) is 0 Å². The van der Waals surface area contributed by atoms with E-state index >= 15 is 0 Å². The van der Waals surface area contributed by atoms with Gasteiger partial charge in [-0.1, -0.05) is 34.6 Å². The first-order valence-corrected chi connectivity index (χ1v) is 15.9. The highest BCUT2D eigenvalue weighted by Crippen LogP contribution is 2.53. The third-order valence-corrected chi connectivity index (χ3v) is 11.1. The Hall–Kier alpha value is -1.84. The lowest BCUT2D eigenvalue weighted by Gasteiger charge is -2.44. The van der Waals surface area contributed by atoms with Gasteiger partial charge >= 0.3 is 0 Å². The van der Waals surface area contributed by atoms with E-state index in [-0.39, 0.29) is 16.7 Å². The topological polar surface area (TPSA) is 38.8 Å². The summed E-state index contributed by atoms with van der Waals surface area (Å²) < 4.78 is 12.6. The predicted octanol–water partition coefficient (Wildman–Crippen LogP) is 8.05. The van der Waals surface area contributed by atoms with Gasteiger partial charge < -0.3 is 13.8 Å². The van der Waals surface area contributed by atoms with Crippen LogP contribution in [-0.4, -0.2) is 30.3 Å². The van der Waals surface area contributed by atoms with Gasteiger partial charge in [-0.05, 0) is 116 Å². The van der Waals surface area contributed by atoms with Gasteiger partial charge in [0.25, 0.3) is 0 Å². The van der Waals surface area contributed by atoms with Crippen LogP contribution in [0.2, 0.25) is 0 Å². The van der Waals surface area contributed by atoms with E-state index in [0.29, 0.717) is 6.42 Å². The van der Waals surface area contributed by atoms with E-state index in [2.05, 4.69) is 80.6 Å². The van der Waals surface area contributed by atoms with Crippen LogP contribution in [-0.2, 0) is 10.5 Å². The number of β-lactam (4-membered cyclic amide) rings is 1. The van der Waals surface area contributed by atoms with Gasteiger partial charge in [-0.15, -0.1) is 0 Å². The van der Waals surface area contributed by atoms with Crippen molar-refractivity contribution in [1.29, 1.82) is 0 Å². The smallest absolute Gasteiger partial charge is 0.230 e. The standard InChI is InChI=1S/C21H26INO2S.C8H10OS/c1-21(2,3)26(4,5)25-18-12-6-15(7-13-18)19-14-20(24)23(19)17-10-8-16(22)9-11-17;1-9-8-4-2-7(6-10)3-5-8/h6-13,19H,14H2,1-5H3;2-5,10H,6H2,1H3/t19-;/m0./s1. The number of hydrogen-bond donors (Lipinski definition) is 1. The molecule has 0 unspecified atom stereocenters. The first-order valence-electron chi connectivity index (χ1n) is 11.8. The van der Waals surface area contributed by atoms with Crippen LogP contribution in [0.3, 0.4) is 0 Å². The van der Waals surface area contributed by atoms with Gasteiger partial charge in [0.15, 0.2) is 0 Å². The number of anilines is 1. The Morgan fingerprint density at radius 1 is 0.944 bits per heavy atom. The number of halogens is 1. The highest BCUT2D eigenvalue weighted by Gasteiger charge is 2.38. The summed E-state index contributed by atoms with van der Waals surface area (Å²) in [4.78, 5) is 14.1. The fourth-order valence-electron chi connectivity index (χ4n) is 3.45. The van der Waals surface area contributed by atoms with E-state index < -0.39 is 10.3 Å². The molecule has 3 aromatic carbocycles. The van der Waals surface area contributed by atoms with Crippen LogP contribution in [0.15, 0.2) is 72.8 Å². The highest BCUT2D eigenvalue weighted by molar-refractivity contribution is 14.1. The van der Waals surface area contributed by atoms with Crippen LogP contribution in [0.4, 0.5) is 5.69 Å². The Kier molecular flexibility index (Phi) is 9.68. The molecule has 0 saturated carbocycles. The van der Waals surface area contributed by atoms with E-state index in [1.165, 1.54) is 9.13 Å². The molecular weight excluding hydrogens is 601 g/mol. The van der Waals surface area contributed by atoms with Crippen LogP contribution < -0.4 is 13.8 Å². The van der Waals surface area contributed by atoms with Crippen molar-refractivity contribution in [3.05, 3.63) is 87.5 Å². The molecule has 1 fully saturated rings. The SMILES string of the molecule is CC(C)(C)S(C)(C)Oc1ccc([C@@H]2CC(=O)N2c2ccc(I)cc2)cc1.COc1ccc(CS)cc1. The molecule has 1 amide bonds. The predicted molar refractivity (Wildman–Crippen MR) is 166 cm³/mol. The van der Waals surface area contributed by atoms with Crippen molar-refractivity contribution in [1.82, 2.24) is 0 Å². The van der Waals surface area contributed by atoms with E-state index in [9.17, 15) is 4.79 Å². The Balaban J connectivity index is 0.000000303. The summed E-state index contributed by atoms with van der Waals surface area (Å²) in [5.74, 6) is 2.75. The molecule has 4 rings (SSSR count). The molecule has 194 valence electrons. The summed E-state index contributed by atoms with van der Waals surface area (Å²) in [6.45, 7) is 6.65. The zero-order valence-corrected chi connectivity index (χ0v) is 25.7. The molecule has 7 heteroatoms. The molecule has 36 heavy (non-hydrogen) atoms. The van der Waals surface area contributed by atoms with Crippen molar-refractivity contribution in [2.24, 2.45) is 0 Å². The Labute approximate surface area is 236 Å². The Morgan fingerprint density at radius 2 is 1.50 bits per heavy atom. The molecule has 0 bridgehead atoms. The average Bonchev–Trinajstić information content (AvgIpc) is 2.84. The van der Waals surface area contributed by atoms with Crippen LogP contribution >= 0.6 is 45.5 Å². The maximum Gasteiger partial charge on any atom is 0.230 e. The lowest BCUT2D eigenvalue weighted by Crippen LogP contribution is -2.46. The van der Waals surface area contributed by atoms with Crippen molar-refractivity contribution >= 4 is 57.1 Å². The van der Waals surface area contributed by atoms with Crippen molar-refractivity contribution in [2.75, 3.05) is 24.5 Å². The number of thiol groups is 1. The molecule has 1 aliphatic heterocycles. The number of nitrogens with zero attached hydrogens (tertiary/aromatic N) is 1. The second kappa shape index (κ2) is 12.1. The fraction of sp³-hybridized carbons (Fsp3) is 0.345. The highest BCUT2D eigenvalue weighted by atomic mass is 127. The van der Waals surface area contributed by atoms with E-state index in [1.54, 1.807) is 7.11 Å². The molecule has 4 nitrogen and oxygen atoms in total. The maximum atomic E-state index is 12.2. The lowest BCUT2D eigenvalue weighted by atomic mass is 9.93. The molecule has 1 saturated heterocycles. The molecule has 3 aromatic rings. The first kappa shape index (κ1) is 28.7. The van der Waals surface area contributed by atoms with Gasteiger partial charge in [-0.3, -0.25) is 4.79 Å². The first-order chi connectivity index (χ1) is 16.9. The summed E-state index contributed by atoms with van der Waals surface area (Å²) in [7, 11) is 0.455. The molecule has 0 aliphatic carbocycles. The summed E-state index contributed by atoms with van der Waals surface area (Å²) in [6.07, 6.45) is 4.96. The third-order valence-electron chi connectivity index (χ3n) is 6.44. The number of hydrogen-bond acceptors (Lipinski definition) is 4. The number of carbonyl (C=O) groups is 1. The number of methoxy groups -OCH3 is 1. The number of benzene rings is 3. The maximum absolute atomic E-state index is 12.2. The van der Waals surface area contributed by atoms with Crippen molar-refractivity contribution in [3.8, 4) is 11.5 Å². The zero-order valence-electron chi connectivity index (χ0n) is 21.8.